The van der Waals surface area contributed by atoms with Crippen molar-refractivity contribution in [3.63, 3.8) is 0 Å². The number of anilines is 2. The summed E-state index contributed by atoms with van der Waals surface area (Å²) in [5.74, 6) is -0.0402. The van der Waals surface area contributed by atoms with Crippen molar-refractivity contribution in [2.75, 3.05) is 10.0 Å². The molecule has 6 heteroatoms. The summed E-state index contributed by atoms with van der Waals surface area (Å²) in [6.45, 7) is 3.78. The van der Waals surface area contributed by atoms with E-state index in [1.54, 1.807) is 12.1 Å². The van der Waals surface area contributed by atoms with Gasteiger partial charge in [-0.05, 0) is 61.2 Å². The van der Waals surface area contributed by atoms with Crippen molar-refractivity contribution in [2.45, 2.75) is 31.6 Å². The first-order chi connectivity index (χ1) is 10.8. The number of nitrogens with one attached hydrogen (secondary N) is 2. The second-order valence-electron chi connectivity index (χ2n) is 5.79. The van der Waals surface area contributed by atoms with E-state index < -0.39 is 10.0 Å². The van der Waals surface area contributed by atoms with Crippen molar-refractivity contribution in [3.8, 4) is 0 Å². The van der Waals surface area contributed by atoms with Gasteiger partial charge in [-0.1, -0.05) is 12.1 Å². The molecule has 1 heterocycles. The Balaban J connectivity index is 1.94. The Kier molecular flexibility index (Phi) is 3.85. The molecule has 0 atom stereocenters. The molecule has 0 fully saturated rings. The molecule has 2 aromatic rings. The van der Waals surface area contributed by atoms with Crippen molar-refractivity contribution in [1.29, 1.82) is 0 Å². The number of fused-ring (bicyclic) bond motifs is 1. The van der Waals surface area contributed by atoms with Gasteiger partial charge in [0.2, 0.25) is 5.91 Å². The average molecular weight is 330 g/mol. The molecular weight excluding hydrogens is 312 g/mol. The molecule has 0 radical (unpaired) electrons. The van der Waals surface area contributed by atoms with Crippen LogP contribution in [0.4, 0.5) is 11.4 Å². The van der Waals surface area contributed by atoms with Gasteiger partial charge in [0.05, 0.1) is 10.6 Å². The number of benzene rings is 2. The van der Waals surface area contributed by atoms with Crippen LogP contribution in [0.3, 0.4) is 0 Å². The van der Waals surface area contributed by atoms with E-state index in [1.807, 2.05) is 32.0 Å². The first kappa shape index (κ1) is 15.6. The topological polar surface area (TPSA) is 75.3 Å². The summed E-state index contributed by atoms with van der Waals surface area (Å²) < 4.78 is 27.9. The van der Waals surface area contributed by atoms with E-state index in [-0.39, 0.29) is 10.8 Å². The summed E-state index contributed by atoms with van der Waals surface area (Å²) in [5.41, 5.74) is 3.96. The summed E-state index contributed by atoms with van der Waals surface area (Å²) in [6, 6.07) is 10.4. The highest BCUT2D eigenvalue weighted by Crippen LogP contribution is 2.27. The molecule has 0 saturated heterocycles. The molecule has 0 spiro atoms. The molecule has 1 amide bonds. The van der Waals surface area contributed by atoms with Gasteiger partial charge in [-0.3, -0.25) is 9.52 Å². The van der Waals surface area contributed by atoms with Gasteiger partial charge in [0.15, 0.2) is 0 Å². The van der Waals surface area contributed by atoms with Gasteiger partial charge in [-0.15, -0.1) is 0 Å². The minimum atomic E-state index is -3.66. The van der Waals surface area contributed by atoms with Gasteiger partial charge in [0.1, 0.15) is 0 Å². The average Bonchev–Trinajstić information content (AvgIpc) is 2.50. The van der Waals surface area contributed by atoms with E-state index in [0.717, 1.165) is 16.7 Å². The third-order valence-electron chi connectivity index (χ3n) is 3.92. The maximum atomic E-state index is 12.6. The van der Waals surface area contributed by atoms with Crippen molar-refractivity contribution >= 4 is 27.3 Å². The standard InChI is InChI=1S/C17H18N2O3S/c1-11-3-4-12(2)16(9-11)19-23(21,22)14-6-7-15-13(10-14)5-8-17(20)18-15/h3-4,6-7,9-10,19H,5,8H2,1-2H3,(H,18,20). The van der Waals surface area contributed by atoms with Crippen LogP contribution in [0.15, 0.2) is 41.3 Å². The highest BCUT2D eigenvalue weighted by atomic mass is 32.2. The lowest BCUT2D eigenvalue weighted by molar-refractivity contribution is -0.116. The van der Waals surface area contributed by atoms with E-state index in [1.165, 1.54) is 6.07 Å². The smallest absolute Gasteiger partial charge is 0.261 e. The van der Waals surface area contributed by atoms with Gasteiger partial charge in [-0.25, -0.2) is 8.42 Å². The molecule has 2 aromatic carbocycles. The van der Waals surface area contributed by atoms with E-state index >= 15 is 0 Å². The fourth-order valence-electron chi connectivity index (χ4n) is 2.58. The van der Waals surface area contributed by atoms with Crippen molar-refractivity contribution in [1.82, 2.24) is 0 Å². The number of hydrogen-bond donors (Lipinski definition) is 2. The number of rotatable bonds is 3. The molecule has 5 nitrogen and oxygen atoms in total. The van der Waals surface area contributed by atoms with Crippen LogP contribution >= 0.6 is 0 Å². The molecule has 1 aliphatic heterocycles. The second-order valence-corrected chi connectivity index (χ2v) is 7.47. The molecule has 0 aliphatic carbocycles. The Labute approximate surface area is 135 Å². The molecule has 2 N–H and O–H groups in total. The van der Waals surface area contributed by atoms with Gasteiger partial charge in [0.25, 0.3) is 10.0 Å². The zero-order valence-electron chi connectivity index (χ0n) is 13.0. The third-order valence-corrected chi connectivity index (χ3v) is 5.28. The monoisotopic (exact) mass is 330 g/mol. The maximum Gasteiger partial charge on any atom is 0.261 e. The molecule has 0 aromatic heterocycles. The molecule has 120 valence electrons. The fourth-order valence-corrected chi connectivity index (χ4v) is 3.75. The van der Waals surface area contributed by atoms with Crippen LogP contribution in [0.25, 0.3) is 0 Å². The van der Waals surface area contributed by atoms with Gasteiger partial charge in [-0.2, -0.15) is 0 Å². The molecule has 0 saturated carbocycles. The summed E-state index contributed by atoms with van der Waals surface area (Å²) in [6.07, 6.45) is 0.926. The third kappa shape index (κ3) is 3.22. The molecular formula is C17H18N2O3S. The molecule has 23 heavy (non-hydrogen) atoms. The number of sulfonamides is 1. The zero-order valence-corrected chi connectivity index (χ0v) is 13.8. The molecule has 3 rings (SSSR count). The quantitative estimate of drug-likeness (QED) is 0.908. The van der Waals surface area contributed by atoms with E-state index in [2.05, 4.69) is 10.0 Å². The second kappa shape index (κ2) is 5.70. The van der Waals surface area contributed by atoms with Crippen molar-refractivity contribution < 1.29 is 13.2 Å². The zero-order chi connectivity index (χ0) is 16.6. The lowest BCUT2D eigenvalue weighted by Gasteiger charge is -2.18. The maximum absolute atomic E-state index is 12.6. The number of aryl methyl sites for hydroxylation is 3. The van der Waals surface area contributed by atoms with Crippen LogP contribution in [-0.2, 0) is 21.2 Å². The minimum absolute atomic E-state index is 0.0402. The van der Waals surface area contributed by atoms with E-state index in [0.29, 0.717) is 24.2 Å². The van der Waals surface area contributed by atoms with Gasteiger partial charge < -0.3 is 5.32 Å². The van der Waals surface area contributed by atoms with E-state index in [9.17, 15) is 13.2 Å². The van der Waals surface area contributed by atoms with Crippen LogP contribution in [-0.4, -0.2) is 14.3 Å². The Morgan fingerprint density at radius 3 is 2.61 bits per heavy atom. The van der Waals surface area contributed by atoms with Crippen LogP contribution in [0.5, 0.6) is 0 Å². The van der Waals surface area contributed by atoms with Crippen LogP contribution in [0.1, 0.15) is 23.1 Å². The lowest BCUT2D eigenvalue weighted by atomic mass is 10.0. The predicted octanol–water partition coefficient (Wildman–Crippen LogP) is 2.99. The summed E-state index contributed by atoms with van der Waals surface area (Å²) in [5, 5.41) is 2.75. The van der Waals surface area contributed by atoms with Crippen molar-refractivity contribution in [3.05, 3.63) is 53.1 Å². The molecule has 0 bridgehead atoms. The summed E-state index contributed by atoms with van der Waals surface area (Å²) in [7, 11) is -3.66. The number of amides is 1. The highest BCUT2D eigenvalue weighted by Gasteiger charge is 2.20. The van der Waals surface area contributed by atoms with Crippen LogP contribution in [0.2, 0.25) is 0 Å². The predicted molar refractivity (Wildman–Crippen MR) is 90.1 cm³/mol. The largest absolute Gasteiger partial charge is 0.326 e. The Bertz CT molecular complexity index is 889. The van der Waals surface area contributed by atoms with E-state index in [4.69, 9.17) is 0 Å². The normalized spacial score (nSPS) is 14.1. The number of carbonyl (C=O) groups is 1. The Hall–Kier alpha value is -2.34. The summed E-state index contributed by atoms with van der Waals surface area (Å²) in [4.78, 5) is 11.6. The van der Waals surface area contributed by atoms with Crippen molar-refractivity contribution in [2.24, 2.45) is 0 Å². The van der Waals surface area contributed by atoms with Crippen LogP contribution in [0, 0.1) is 13.8 Å². The first-order valence-electron chi connectivity index (χ1n) is 7.38. The first-order valence-corrected chi connectivity index (χ1v) is 8.86. The molecule has 1 aliphatic rings. The van der Waals surface area contributed by atoms with Crippen LogP contribution < -0.4 is 10.0 Å². The lowest BCUT2D eigenvalue weighted by Crippen LogP contribution is -2.20. The number of carbonyl (C=O) groups excluding carboxylic acids is 1. The summed E-state index contributed by atoms with van der Waals surface area (Å²) >= 11 is 0. The van der Waals surface area contributed by atoms with Gasteiger partial charge >= 0.3 is 0 Å². The minimum Gasteiger partial charge on any atom is -0.326 e. The van der Waals surface area contributed by atoms with Gasteiger partial charge in [0, 0.05) is 12.1 Å². The highest BCUT2D eigenvalue weighted by molar-refractivity contribution is 7.92. The fraction of sp³-hybridized carbons (Fsp3) is 0.235. The number of hydrogen-bond acceptors (Lipinski definition) is 3. The molecule has 0 unspecified atom stereocenters. The Morgan fingerprint density at radius 2 is 1.83 bits per heavy atom. The Morgan fingerprint density at radius 1 is 1.04 bits per heavy atom. The SMILES string of the molecule is Cc1ccc(C)c(NS(=O)(=O)c2ccc3c(c2)CCC(=O)N3)c1.